The topological polar surface area (TPSA) is 70.6 Å². The van der Waals surface area contributed by atoms with E-state index < -0.39 is 16.1 Å². The first-order valence-corrected chi connectivity index (χ1v) is 15.6. The minimum Gasteiger partial charge on any atom is -0.330 e. The van der Waals surface area contributed by atoms with Gasteiger partial charge in [-0.3, -0.25) is 9.78 Å². The van der Waals surface area contributed by atoms with E-state index in [9.17, 15) is 13.2 Å². The molecule has 1 amide bonds. The number of hydrogen-bond donors (Lipinski definition) is 0. The number of aromatic nitrogens is 1. The molecule has 0 fully saturated rings. The highest BCUT2D eigenvalue weighted by atomic mass is 32.2. The molecule has 3 heterocycles. The average molecular weight is 562 g/mol. The van der Waals surface area contributed by atoms with E-state index in [1.165, 1.54) is 14.7 Å². The molecule has 6 nitrogen and oxygen atoms in total. The Morgan fingerprint density at radius 1 is 1.08 bits per heavy atom. The summed E-state index contributed by atoms with van der Waals surface area (Å²) in [5.74, 6) is -0.206. The van der Waals surface area contributed by atoms with E-state index in [1.807, 2.05) is 17.0 Å². The van der Waals surface area contributed by atoms with Gasteiger partial charge >= 0.3 is 0 Å². The number of para-hydroxylation sites is 1. The van der Waals surface area contributed by atoms with Crippen LogP contribution in [0, 0.1) is 0 Å². The van der Waals surface area contributed by atoms with Gasteiger partial charge in [-0.05, 0) is 66.0 Å². The van der Waals surface area contributed by atoms with Crippen molar-refractivity contribution in [2.45, 2.75) is 63.4 Å². The number of benzene rings is 2. The minimum atomic E-state index is -3.99. The first-order chi connectivity index (χ1) is 18.5. The van der Waals surface area contributed by atoms with Crippen LogP contribution in [0.4, 0.5) is 0 Å². The lowest BCUT2D eigenvalue weighted by Crippen LogP contribution is -2.48. The summed E-state index contributed by atoms with van der Waals surface area (Å²) >= 11 is 1.72. The molecule has 2 aromatic carbocycles. The molecule has 0 saturated heterocycles. The Morgan fingerprint density at radius 2 is 1.79 bits per heavy atom. The van der Waals surface area contributed by atoms with E-state index in [4.69, 9.17) is 0 Å². The number of rotatable bonds is 6. The van der Waals surface area contributed by atoms with Crippen LogP contribution in [0.5, 0.6) is 0 Å². The van der Waals surface area contributed by atoms with E-state index >= 15 is 0 Å². The van der Waals surface area contributed by atoms with Crippen molar-refractivity contribution in [1.29, 1.82) is 0 Å². The van der Waals surface area contributed by atoms with Gasteiger partial charge in [0.15, 0.2) is 0 Å². The molecule has 0 bridgehead atoms. The van der Waals surface area contributed by atoms with Crippen LogP contribution in [0.3, 0.4) is 0 Å². The molecule has 8 heteroatoms. The number of amides is 1. The molecule has 0 unspecified atom stereocenters. The molecule has 2 aromatic heterocycles. The van der Waals surface area contributed by atoms with Gasteiger partial charge in [-0.2, -0.15) is 4.31 Å². The van der Waals surface area contributed by atoms with Gasteiger partial charge in [-0.1, -0.05) is 63.2 Å². The van der Waals surface area contributed by atoms with Gasteiger partial charge in [0, 0.05) is 29.0 Å². The molecule has 39 heavy (non-hydrogen) atoms. The number of pyridine rings is 1. The van der Waals surface area contributed by atoms with Crippen molar-refractivity contribution in [2.75, 3.05) is 13.1 Å². The highest BCUT2D eigenvalue weighted by Crippen LogP contribution is 2.39. The second kappa shape index (κ2) is 10.5. The molecule has 204 valence electrons. The summed E-state index contributed by atoms with van der Waals surface area (Å²) in [7, 11) is -3.99. The van der Waals surface area contributed by atoms with Crippen molar-refractivity contribution in [3.63, 3.8) is 0 Å². The molecular formula is C31H35N3O3S2. The monoisotopic (exact) mass is 561 g/mol. The SMILES string of the molecule is CC(C)N(CC(=O)N1CCc2sccc2[C@H]1c1ccc(C(C)(C)C)cc1)S(=O)(=O)c1cccc2cccnc12. The second-order valence-electron chi connectivity index (χ2n) is 11.4. The number of carbonyl (C=O) groups is 1. The standard InChI is InChI=1S/C31H35N3O3S2/c1-21(2)34(39(36,37)27-10-6-8-22-9-7-17-32-29(22)27)20-28(35)33-18-15-26-25(16-19-38-26)30(33)23-11-13-24(14-12-23)31(3,4)5/h6-14,16-17,19,21,30H,15,18,20H2,1-5H3/t30-/m1/s1. The highest BCUT2D eigenvalue weighted by molar-refractivity contribution is 7.89. The van der Waals surface area contributed by atoms with Crippen LogP contribution in [-0.2, 0) is 26.7 Å². The Hall–Kier alpha value is -3.07. The van der Waals surface area contributed by atoms with Crippen molar-refractivity contribution >= 4 is 38.2 Å². The molecule has 0 spiro atoms. The Morgan fingerprint density at radius 3 is 2.49 bits per heavy atom. The van der Waals surface area contributed by atoms with Crippen molar-refractivity contribution < 1.29 is 13.2 Å². The van der Waals surface area contributed by atoms with Gasteiger partial charge in [-0.25, -0.2) is 8.42 Å². The van der Waals surface area contributed by atoms with Gasteiger partial charge in [-0.15, -0.1) is 11.3 Å². The fourth-order valence-corrected chi connectivity index (χ4v) is 7.95. The Bertz CT molecular complexity index is 1600. The van der Waals surface area contributed by atoms with E-state index in [2.05, 4.69) is 61.5 Å². The largest absolute Gasteiger partial charge is 0.330 e. The van der Waals surface area contributed by atoms with Gasteiger partial charge < -0.3 is 4.90 Å². The summed E-state index contributed by atoms with van der Waals surface area (Å²) in [6.45, 7) is 10.5. The van der Waals surface area contributed by atoms with Crippen LogP contribution >= 0.6 is 11.3 Å². The maximum atomic E-state index is 14.0. The number of fused-ring (bicyclic) bond motifs is 2. The summed E-state index contributed by atoms with van der Waals surface area (Å²) < 4.78 is 29.2. The van der Waals surface area contributed by atoms with Crippen molar-refractivity contribution in [2.24, 2.45) is 0 Å². The third-order valence-corrected chi connectivity index (χ3v) is 10.5. The lowest BCUT2D eigenvalue weighted by Gasteiger charge is -2.38. The third-order valence-electron chi connectivity index (χ3n) is 7.43. The molecule has 1 aliphatic heterocycles. The molecule has 5 rings (SSSR count). The number of sulfonamides is 1. The zero-order valence-electron chi connectivity index (χ0n) is 23.1. The van der Waals surface area contributed by atoms with Crippen molar-refractivity contribution in [1.82, 2.24) is 14.2 Å². The highest BCUT2D eigenvalue weighted by Gasteiger charge is 2.37. The summed E-state index contributed by atoms with van der Waals surface area (Å²) in [5.41, 5.74) is 3.83. The van der Waals surface area contributed by atoms with Crippen LogP contribution < -0.4 is 0 Å². The predicted octanol–water partition coefficient (Wildman–Crippen LogP) is 6.17. The first-order valence-electron chi connectivity index (χ1n) is 13.3. The fourth-order valence-electron chi connectivity index (χ4n) is 5.29. The fraction of sp³-hybridized carbons (Fsp3) is 0.355. The smallest absolute Gasteiger partial charge is 0.245 e. The van der Waals surface area contributed by atoms with Crippen molar-refractivity contribution in [3.05, 3.63) is 93.8 Å². The molecule has 0 N–H and O–H groups in total. The van der Waals surface area contributed by atoms with E-state index in [0.717, 1.165) is 22.9 Å². The van der Waals surface area contributed by atoms with Crippen LogP contribution in [0.15, 0.2) is 77.1 Å². The molecule has 0 radical (unpaired) electrons. The molecule has 0 aliphatic carbocycles. The number of carbonyl (C=O) groups excluding carboxylic acids is 1. The summed E-state index contributed by atoms with van der Waals surface area (Å²) in [5, 5.41) is 2.82. The Balaban J connectivity index is 1.50. The van der Waals surface area contributed by atoms with Crippen LogP contribution in [0.25, 0.3) is 10.9 Å². The second-order valence-corrected chi connectivity index (χ2v) is 14.2. The quantitative estimate of drug-likeness (QED) is 0.282. The normalized spacial score (nSPS) is 16.2. The van der Waals surface area contributed by atoms with Crippen LogP contribution in [-0.4, -0.2) is 47.6 Å². The van der Waals surface area contributed by atoms with Crippen molar-refractivity contribution in [3.8, 4) is 0 Å². The summed E-state index contributed by atoms with van der Waals surface area (Å²) in [6.07, 6.45) is 2.35. The maximum Gasteiger partial charge on any atom is 0.245 e. The zero-order valence-corrected chi connectivity index (χ0v) is 24.7. The number of nitrogens with zero attached hydrogens (tertiary/aromatic N) is 3. The van der Waals surface area contributed by atoms with Gasteiger partial charge in [0.1, 0.15) is 4.90 Å². The van der Waals surface area contributed by atoms with Crippen LogP contribution in [0.2, 0.25) is 0 Å². The number of hydrogen-bond acceptors (Lipinski definition) is 5. The zero-order chi connectivity index (χ0) is 27.9. The van der Waals surface area contributed by atoms with Gasteiger partial charge in [0.05, 0.1) is 18.1 Å². The lowest BCUT2D eigenvalue weighted by molar-refractivity contribution is -0.133. The first kappa shape index (κ1) is 27.5. The molecule has 0 saturated carbocycles. The lowest BCUT2D eigenvalue weighted by atomic mass is 9.85. The van der Waals surface area contributed by atoms with Gasteiger partial charge in [0.2, 0.25) is 15.9 Å². The molecule has 4 aromatic rings. The molecule has 1 atom stereocenters. The average Bonchev–Trinajstić information content (AvgIpc) is 3.39. The molecule has 1 aliphatic rings. The van der Waals surface area contributed by atoms with Gasteiger partial charge in [0.25, 0.3) is 0 Å². The Kier molecular flexibility index (Phi) is 7.39. The van der Waals surface area contributed by atoms with Crippen LogP contribution in [0.1, 0.15) is 62.2 Å². The van der Waals surface area contributed by atoms with E-state index in [0.29, 0.717) is 12.1 Å². The Labute approximate surface area is 235 Å². The summed E-state index contributed by atoms with van der Waals surface area (Å²) in [6, 6.07) is 18.7. The third kappa shape index (κ3) is 5.25. The minimum absolute atomic E-state index is 0.0245. The predicted molar refractivity (Wildman–Crippen MR) is 157 cm³/mol. The van der Waals surface area contributed by atoms with E-state index in [-0.39, 0.29) is 28.8 Å². The molecular weight excluding hydrogens is 526 g/mol. The number of thiophene rings is 1. The van der Waals surface area contributed by atoms with E-state index in [1.54, 1.807) is 49.6 Å². The summed E-state index contributed by atoms with van der Waals surface area (Å²) in [4.78, 5) is 21.6. The maximum absolute atomic E-state index is 14.0.